The molecule has 0 bridgehead atoms. The predicted octanol–water partition coefficient (Wildman–Crippen LogP) is 2.79. The Morgan fingerprint density at radius 2 is 2.06 bits per heavy atom. The third-order valence-corrected chi connectivity index (χ3v) is 6.64. The fourth-order valence-electron chi connectivity index (χ4n) is 3.55. The summed E-state index contributed by atoms with van der Waals surface area (Å²) in [6, 6.07) is -0.275. The fourth-order valence-corrected chi connectivity index (χ4v) is 4.77. The van der Waals surface area contributed by atoms with Gasteiger partial charge in [-0.2, -0.15) is 0 Å². The highest BCUT2D eigenvalue weighted by Crippen LogP contribution is 2.30. The number of halogens is 1. The smallest absolute Gasteiger partial charge is 0.348 e. The Hall–Kier alpha value is -2.50. The number of aromatic carboxylic acids is 1. The van der Waals surface area contributed by atoms with E-state index in [1.165, 1.54) is 0 Å². The second-order valence-electron chi connectivity index (χ2n) is 7.27. The second-order valence-corrected chi connectivity index (χ2v) is 8.61. The van der Waals surface area contributed by atoms with Crippen LogP contribution in [0, 0.1) is 0 Å². The minimum atomic E-state index is -1.17. The summed E-state index contributed by atoms with van der Waals surface area (Å²) in [5.74, 6) is -1.69. The lowest BCUT2D eigenvalue weighted by Gasteiger charge is -2.38. The quantitative estimate of drug-likeness (QED) is 0.463. The number of aromatic nitrogens is 3. The minimum Gasteiger partial charge on any atom is -0.477 e. The summed E-state index contributed by atoms with van der Waals surface area (Å²) in [5, 5.41) is 13.2. The number of rotatable bonds is 9. The summed E-state index contributed by atoms with van der Waals surface area (Å²) in [4.78, 5) is 49.6. The van der Waals surface area contributed by atoms with Crippen molar-refractivity contribution in [1.82, 2.24) is 20.3 Å². The molecule has 1 saturated heterocycles. The number of Topliss-reactive ketones (excluding diaryl/α,β-unsaturated/α-hetero) is 1. The first kappa shape index (κ1) is 24.1. The van der Waals surface area contributed by atoms with Gasteiger partial charge in [-0.3, -0.25) is 9.59 Å². The summed E-state index contributed by atoms with van der Waals surface area (Å²) in [7, 11) is 0. The van der Waals surface area contributed by atoms with Gasteiger partial charge in [-0.1, -0.05) is 36.8 Å². The number of aryl methyl sites for hydroxylation is 1. The Morgan fingerprint density at radius 3 is 2.66 bits per heavy atom. The lowest BCUT2D eigenvalue weighted by molar-refractivity contribution is 0.0271. The van der Waals surface area contributed by atoms with E-state index >= 15 is 0 Å². The molecule has 0 saturated carbocycles. The van der Waals surface area contributed by atoms with Gasteiger partial charge in [0.15, 0.2) is 21.9 Å². The van der Waals surface area contributed by atoms with Crippen molar-refractivity contribution < 1.29 is 24.2 Å². The van der Waals surface area contributed by atoms with Crippen LogP contribution in [0.1, 0.15) is 70.1 Å². The van der Waals surface area contributed by atoms with Gasteiger partial charge in [0.25, 0.3) is 5.91 Å². The predicted molar refractivity (Wildman–Crippen MR) is 120 cm³/mol. The van der Waals surface area contributed by atoms with Crippen LogP contribution in [0.5, 0.6) is 0 Å². The van der Waals surface area contributed by atoms with E-state index in [-0.39, 0.29) is 51.8 Å². The normalized spacial score (nSPS) is 18.6. The Labute approximate surface area is 194 Å². The van der Waals surface area contributed by atoms with E-state index in [9.17, 15) is 19.5 Å². The molecule has 32 heavy (non-hydrogen) atoms. The highest BCUT2D eigenvalue weighted by molar-refractivity contribution is 7.17. The number of carboxylic acids is 1. The van der Waals surface area contributed by atoms with Gasteiger partial charge in [0, 0.05) is 26.1 Å². The van der Waals surface area contributed by atoms with Crippen molar-refractivity contribution in [2.24, 2.45) is 0 Å². The summed E-state index contributed by atoms with van der Waals surface area (Å²) in [6.45, 7) is 6.79. The Kier molecular flexibility index (Phi) is 7.86. The Balaban J connectivity index is 1.75. The Morgan fingerprint density at radius 1 is 1.31 bits per heavy atom. The van der Waals surface area contributed by atoms with Crippen LogP contribution in [0.4, 0.5) is 5.13 Å². The number of aromatic amines is 1. The molecule has 0 spiro atoms. The summed E-state index contributed by atoms with van der Waals surface area (Å²) in [6.07, 6.45) is 1.00. The van der Waals surface area contributed by atoms with E-state index < -0.39 is 5.97 Å². The molecular formula is C20H26ClN5O5S. The van der Waals surface area contributed by atoms with Crippen LogP contribution in [0.2, 0.25) is 5.15 Å². The van der Waals surface area contributed by atoms with Crippen molar-refractivity contribution in [3.05, 3.63) is 27.2 Å². The maximum absolute atomic E-state index is 12.7. The largest absolute Gasteiger partial charge is 0.477 e. The topological polar surface area (TPSA) is 138 Å². The van der Waals surface area contributed by atoms with Crippen LogP contribution in [-0.2, 0) is 11.2 Å². The molecule has 3 N–H and O–H groups in total. The highest BCUT2D eigenvalue weighted by Gasteiger charge is 2.34. The number of imidazole rings is 1. The van der Waals surface area contributed by atoms with Crippen LogP contribution >= 0.6 is 22.9 Å². The van der Waals surface area contributed by atoms with Gasteiger partial charge >= 0.3 is 5.97 Å². The minimum absolute atomic E-state index is 0.00943. The molecule has 1 amide bonds. The summed E-state index contributed by atoms with van der Waals surface area (Å²) >= 11 is 7.02. The van der Waals surface area contributed by atoms with Crippen LogP contribution in [-0.4, -0.2) is 69.6 Å². The molecule has 0 aliphatic carbocycles. The van der Waals surface area contributed by atoms with Crippen LogP contribution in [0.15, 0.2) is 0 Å². The van der Waals surface area contributed by atoms with E-state index in [0.29, 0.717) is 43.4 Å². The van der Waals surface area contributed by atoms with Crippen molar-refractivity contribution >= 4 is 45.7 Å². The van der Waals surface area contributed by atoms with Crippen molar-refractivity contribution in [3.63, 3.8) is 0 Å². The van der Waals surface area contributed by atoms with Gasteiger partial charge in [-0.25, -0.2) is 14.8 Å². The van der Waals surface area contributed by atoms with Gasteiger partial charge < -0.3 is 25.0 Å². The van der Waals surface area contributed by atoms with Crippen molar-refractivity contribution in [2.45, 2.75) is 52.2 Å². The van der Waals surface area contributed by atoms with Gasteiger partial charge in [0.2, 0.25) is 0 Å². The lowest BCUT2D eigenvalue weighted by Crippen LogP contribution is -2.55. The molecule has 12 heteroatoms. The standard InChI is InChI=1S/C20H26ClN5O5S/c1-4-10-16(21)25-17(22-10)18(28)23-11-7-8-26(9-13(11)31-6-3)20-24-14(12(27)5-2)15(32-20)19(29)30/h11,13H,4-9H2,1-3H3,(H,22,25)(H,23,28)(H,29,30). The zero-order chi connectivity index (χ0) is 23.4. The number of nitrogens with one attached hydrogen (secondary N) is 2. The van der Waals surface area contributed by atoms with Gasteiger partial charge in [0.1, 0.15) is 10.6 Å². The lowest BCUT2D eigenvalue weighted by atomic mass is 10.0. The molecule has 2 unspecified atom stereocenters. The average Bonchev–Trinajstić information content (AvgIpc) is 3.38. The number of thiazole rings is 1. The second kappa shape index (κ2) is 10.4. The highest BCUT2D eigenvalue weighted by atomic mass is 35.5. The number of nitrogens with zero attached hydrogens (tertiary/aromatic N) is 3. The van der Waals surface area contributed by atoms with E-state index in [4.69, 9.17) is 16.3 Å². The molecule has 0 radical (unpaired) electrons. The maximum atomic E-state index is 12.7. The molecule has 0 aromatic carbocycles. The first-order valence-electron chi connectivity index (χ1n) is 10.5. The molecule has 3 heterocycles. The van der Waals surface area contributed by atoms with E-state index in [1.807, 2.05) is 18.7 Å². The molecule has 10 nitrogen and oxygen atoms in total. The third kappa shape index (κ3) is 5.11. The fraction of sp³-hybridized carbons (Fsp3) is 0.550. The van der Waals surface area contributed by atoms with Crippen molar-refractivity contribution in [2.75, 3.05) is 24.6 Å². The number of hydrogen-bond donors (Lipinski definition) is 3. The number of piperidine rings is 1. The van der Waals surface area contributed by atoms with Gasteiger partial charge in [0.05, 0.1) is 17.8 Å². The van der Waals surface area contributed by atoms with Crippen LogP contribution < -0.4 is 10.2 Å². The number of carbonyl (C=O) groups excluding carboxylic acids is 2. The Bertz CT molecular complexity index is 1010. The molecule has 1 aliphatic heterocycles. The zero-order valence-corrected chi connectivity index (χ0v) is 19.7. The van der Waals surface area contributed by atoms with Crippen LogP contribution in [0.25, 0.3) is 0 Å². The summed E-state index contributed by atoms with van der Waals surface area (Å²) in [5.41, 5.74) is 0.688. The first-order valence-corrected chi connectivity index (χ1v) is 11.7. The summed E-state index contributed by atoms with van der Waals surface area (Å²) < 4.78 is 5.87. The number of ketones is 1. The van der Waals surface area contributed by atoms with Crippen LogP contribution in [0.3, 0.4) is 0 Å². The van der Waals surface area contributed by atoms with Gasteiger partial charge in [-0.05, 0) is 19.8 Å². The van der Waals surface area contributed by atoms with E-state index in [1.54, 1.807) is 6.92 Å². The molecule has 2 aromatic heterocycles. The van der Waals surface area contributed by atoms with Gasteiger partial charge in [-0.15, -0.1) is 0 Å². The number of hydrogen-bond acceptors (Lipinski definition) is 8. The van der Waals surface area contributed by atoms with E-state index in [2.05, 4.69) is 20.3 Å². The molecular weight excluding hydrogens is 458 g/mol. The monoisotopic (exact) mass is 483 g/mol. The first-order chi connectivity index (χ1) is 15.3. The number of ether oxygens (including phenoxy) is 1. The molecule has 1 fully saturated rings. The molecule has 174 valence electrons. The SMILES string of the molecule is CCOC1CN(c2nc(C(=O)CC)c(C(=O)O)s2)CCC1NC(=O)c1nc(Cl)c(CC)[nH]1. The number of H-pyrrole nitrogens is 1. The average molecular weight is 484 g/mol. The number of carbonyl (C=O) groups is 3. The number of anilines is 1. The molecule has 3 rings (SSSR count). The number of carboxylic acid groups (broad SMARTS) is 1. The van der Waals surface area contributed by atoms with E-state index in [0.717, 1.165) is 11.3 Å². The van der Waals surface area contributed by atoms with Crippen molar-refractivity contribution in [3.8, 4) is 0 Å². The maximum Gasteiger partial charge on any atom is 0.348 e. The molecule has 2 atom stereocenters. The number of amides is 1. The van der Waals surface area contributed by atoms with Crippen molar-refractivity contribution in [1.29, 1.82) is 0 Å². The zero-order valence-electron chi connectivity index (χ0n) is 18.1. The molecule has 2 aromatic rings. The molecule has 1 aliphatic rings. The third-order valence-electron chi connectivity index (χ3n) is 5.22.